The van der Waals surface area contributed by atoms with Gasteiger partial charge in [0.25, 0.3) is 0 Å². The molecular formula is C18H22F2N6O3S. The summed E-state index contributed by atoms with van der Waals surface area (Å²) >= 11 is 1.02. The predicted molar refractivity (Wildman–Crippen MR) is 107 cm³/mol. The number of alkyl halides is 2. The molecule has 3 amide bonds. The fraction of sp³-hybridized carbons (Fsp3) is 0.444. The number of amides is 3. The van der Waals surface area contributed by atoms with Crippen LogP contribution in [0.25, 0.3) is 11.4 Å². The zero-order valence-corrected chi connectivity index (χ0v) is 16.8. The Kier molecular flexibility index (Phi) is 7.44. The van der Waals surface area contributed by atoms with Gasteiger partial charge in [0.15, 0.2) is 5.82 Å². The SMILES string of the molecule is Nn1c(SCC(=O)NC(=O)NC2CCCCC2)nnc1-c1ccc(OC(F)F)cc1. The second-order valence-corrected chi connectivity index (χ2v) is 7.67. The largest absolute Gasteiger partial charge is 0.435 e. The smallest absolute Gasteiger partial charge is 0.387 e. The summed E-state index contributed by atoms with van der Waals surface area (Å²) in [6.07, 6.45) is 5.16. The topological polar surface area (TPSA) is 124 Å². The molecule has 1 saturated carbocycles. The number of ether oxygens (including phenoxy) is 1. The lowest BCUT2D eigenvalue weighted by Gasteiger charge is -2.22. The molecule has 0 bridgehead atoms. The molecule has 1 aromatic carbocycles. The van der Waals surface area contributed by atoms with Crippen LogP contribution < -0.4 is 21.2 Å². The summed E-state index contributed by atoms with van der Waals surface area (Å²) in [7, 11) is 0. The maximum Gasteiger partial charge on any atom is 0.387 e. The Morgan fingerprint density at radius 1 is 1.20 bits per heavy atom. The number of urea groups is 1. The molecule has 3 rings (SSSR count). The second kappa shape index (κ2) is 10.2. The van der Waals surface area contributed by atoms with E-state index in [1.165, 1.54) is 35.4 Å². The summed E-state index contributed by atoms with van der Waals surface area (Å²) in [5, 5.41) is 13.3. The van der Waals surface area contributed by atoms with Crippen molar-refractivity contribution in [1.82, 2.24) is 25.5 Å². The molecule has 1 aliphatic rings. The van der Waals surface area contributed by atoms with Crippen LogP contribution in [0.4, 0.5) is 13.6 Å². The van der Waals surface area contributed by atoms with E-state index in [2.05, 4.69) is 25.6 Å². The Bertz CT molecular complexity index is 871. The average molecular weight is 440 g/mol. The van der Waals surface area contributed by atoms with Crippen LogP contribution >= 0.6 is 11.8 Å². The van der Waals surface area contributed by atoms with Gasteiger partial charge in [-0.1, -0.05) is 31.0 Å². The van der Waals surface area contributed by atoms with Gasteiger partial charge < -0.3 is 15.9 Å². The standard InChI is InChI=1S/C18H22F2N6O3S/c19-16(20)29-13-8-6-11(7-9-13)15-24-25-18(26(15)21)30-10-14(27)23-17(28)22-12-4-2-1-3-5-12/h6-9,12,16H,1-5,10,21H2,(H2,22,23,27,28). The molecule has 162 valence electrons. The molecule has 0 atom stereocenters. The summed E-state index contributed by atoms with van der Waals surface area (Å²) in [6, 6.07) is 5.35. The molecule has 0 aliphatic heterocycles. The van der Waals surface area contributed by atoms with Crippen LogP contribution in [0.15, 0.2) is 29.4 Å². The van der Waals surface area contributed by atoms with Crippen LogP contribution in [-0.4, -0.2) is 45.2 Å². The Morgan fingerprint density at radius 3 is 2.57 bits per heavy atom. The minimum atomic E-state index is -2.91. The number of benzene rings is 1. The third kappa shape index (κ3) is 6.05. The lowest BCUT2D eigenvalue weighted by atomic mass is 9.96. The molecule has 1 aliphatic carbocycles. The van der Waals surface area contributed by atoms with Gasteiger partial charge in [-0.25, -0.2) is 9.47 Å². The van der Waals surface area contributed by atoms with Crippen molar-refractivity contribution < 1.29 is 23.1 Å². The Morgan fingerprint density at radius 2 is 1.90 bits per heavy atom. The first-order valence-electron chi connectivity index (χ1n) is 9.41. The van der Waals surface area contributed by atoms with Gasteiger partial charge in [-0.3, -0.25) is 10.1 Å². The Hall–Kier alpha value is -2.89. The first-order valence-corrected chi connectivity index (χ1v) is 10.4. The highest BCUT2D eigenvalue weighted by Gasteiger charge is 2.18. The van der Waals surface area contributed by atoms with Crippen LogP contribution in [0.1, 0.15) is 32.1 Å². The fourth-order valence-corrected chi connectivity index (χ4v) is 3.78. The fourth-order valence-electron chi connectivity index (χ4n) is 3.12. The maximum atomic E-state index is 12.2. The lowest BCUT2D eigenvalue weighted by Crippen LogP contribution is -2.45. The quantitative estimate of drug-likeness (QED) is 0.446. The number of thioether (sulfide) groups is 1. The van der Waals surface area contributed by atoms with Crippen LogP contribution in [-0.2, 0) is 4.79 Å². The van der Waals surface area contributed by atoms with Gasteiger partial charge in [-0.15, -0.1) is 10.2 Å². The number of rotatable bonds is 7. The van der Waals surface area contributed by atoms with Crippen molar-refractivity contribution in [3.05, 3.63) is 24.3 Å². The lowest BCUT2D eigenvalue weighted by molar-refractivity contribution is -0.117. The molecule has 1 aromatic heterocycles. The number of nitrogens with one attached hydrogen (secondary N) is 2. The number of hydrogen-bond donors (Lipinski definition) is 3. The number of nitrogens with two attached hydrogens (primary N) is 1. The summed E-state index contributed by atoms with van der Waals surface area (Å²) in [5.74, 6) is 5.72. The Balaban J connectivity index is 1.50. The van der Waals surface area contributed by atoms with E-state index in [1.807, 2.05) is 0 Å². The second-order valence-electron chi connectivity index (χ2n) is 6.72. The molecular weight excluding hydrogens is 418 g/mol. The number of hydrogen-bond acceptors (Lipinski definition) is 7. The van der Waals surface area contributed by atoms with Crippen LogP contribution in [0.3, 0.4) is 0 Å². The molecule has 4 N–H and O–H groups in total. The first-order chi connectivity index (χ1) is 14.4. The van der Waals surface area contributed by atoms with E-state index >= 15 is 0 Å². The van der Waals surface area contributed by atoms with Gasteiger partial charge in [0, 0.05) is 11.6 Å². The molecule has 9 nitrogen and oxygen atoms in total. The van der Waals surface area contributed by atoms with Gasteiger partial charge in [-0.2, -0.15) is 8.78 Å². The van der Waals surface area contributed by atoms with Crippen molar-refractivity contribution in [1.29, 1.82) is 0 Å². The van der Waals surface area contributed by atoms with E-state index in [0.29, 0.717) is 5.56 Å². The maximum absolute atomic E-state index is 12.2. The summed E-state index contributed by atoms with van der Waals surface area (Å²) < 4.78 is 29.9. The molecule has 0 saturated heterocycles. The van der Waals surface area contributed by atoms with Gasteiger partial charge >= 0.3 is 12.6 Å². The highest BCUT2D eigenvalue weighted by Crippen LogP contribution is 2.24. The van der Waals surface area contributed by atoms with E-state index in [4.69, 9.17) is 5.84 Å². The Labute approximate surface area is 175 Å². The molecule has 1 fully saturated rings. The number of carbonyl (C=O) groups excluding carboxylic acids is 2. The molecule has 30 heavy (non-hydrogen) atoms. The number of carbonyl (C=O) groups is 2. The number of nitrogen functional groups attached to an aromatic ring is 1. The summed E-state index contributed by atoms with van der Waals surface area (Å²) in [5.41, 5.74) is 0.537. The van der Waals surface area contributed by atoms with E-state index in [9.17, 15) is 18.4 Å². The zero-order valence-electron chi connectivity index (χ0n) is 16.0. The monoisotopic (exact) mass is 440 g/mol. The van der Waals surface area contributed by atoms with Crippen molar-refractivity contribution in [3.63, 3.8) is 0 Å². The molecule has 0 unspecified atom stereocenters. The minimum absolute atomic E-state index is 0.00890. The van der Waals surface area contributed by atoms with Crippen LogP contribution in [0.5, 0.6) is 5.75 Å². The summed E-state index contributed by atoms with van der Waals surface area (Å²) in [6.45, 7) is -2.91. The van der Waals surface area contributed by atoms with Crippen molar-refractivity contribution in [3.8, 4) is 17.1 Å². The number of aromatic nitrogens is 3. The number of halogens is 2. The van der Waals surface area contributed by atoms with Crippen molar-refractivity contribution in [2.75, 3.05) is 11.6 Å². The normalized spacial score (nSPS) is 14.5. The molecule has 1 heterocycles. The summed E-state index contributed by atoms with van der Waals surface area (Å²) in [4.78, 5) is 23.9. The minimum Gasteiger partial charge on any atom is -0.435 e. The third-order valence-electron chi connectivity index (χ3n) is 4.53. The first kappa shape index (κ1) is 21.8. The average Bonchev–Trinajstić information content (AvgIpc) is 3.07. The molecule has 2 aromatic rings. The van der Waals surface area contributed by atoms with Gasteiger partial charge in [0.05, 0.1) is 5.75 Å². The highest BCUT2D eigenvalue weighted by molar-refractivity contribution is 7.99. The van der Waals surface area contributed by atoms with E-state index in [-0.39, 0.29) is 28.5 Å². The number of imide groups is 1. The van der Waals surface area contributed by atoms with E-state index in [0.717, 1.165) is 37.4 Å². The van der Waals surface area contributed by atoms with Gasteiger partial charge in [0.1, 0.15) is 5.75 Å². The molecule has 0 spiro atoms. The van der Waals surface area contributed by atoms with E-state index in [1.54, 1.807) is 0 Å². The predicted octanol–water partition coefficient (Wildman–Crippen LogP) is 2.51. The van der Waals surface area contributed by atoms with Crippen LogP contribution in [0.2, 0.25) is 0 Å². The molecule has 12 heteroatoms. The van der Waals surface area contributed by atoms with Crippen molar-refractivity contribution in [2.45, 2.75) is 49.9 Å². The third-order valence-corrected chi connectivity index (χ3v) is 5.47. The van der Waals surface area contributed by atoms with Gasteiger partial charge in [0.2, 0.25) is 11.1 Å². The van der Waals surface area contributed by atoms with E-state index < -0.39 is 18.5 Å². The van der Waals surface area contributed by atoms with Crippen molar-refractivity contribution >= 4 is 23.7 Å². The van der Waals surface area contributed by atoms with Crippen LogP contribution in [0, 0.1) is 0 Å². The number of nitrogens with zero attached hydrogens (tertiary/aromatic N) is 3. The zero-order chi connectivity index (χ0) is 21.5. The van der Waals surface area contributed by atoms with Crippen molar-refractivity contribution in [2.24, 2.45) is 0 Å². The van der Waals surface area contributed by atoms with Gasteiger partial charge in [-0.05, 0) is 37.1 Å². The highest BCUT2D eigenvalue weighted by atomic mass is 32.2. The molecule has 0 radical (unpaired) electrons.